The summed E-state index contributed by atoms with van der Waals surface area (Å²) in [4.78, 5) is 20.4. The molecule has 1 aromatic carbocycles. The SMILES string of the molecule is C[C@@H]1COCCN1c1cc(-c2ccc(NC(=O)c3cccs3)cc2)c2cnn(-c3cc[nH]n3)c2n1. The molecule has 1 fully saturated rings. The fourth-order valence-electron chi connectivity index (χ4n) is 4.31. The van der Waals surface area contributed by atoms with E-state index < -0.39 is 0 Å². The van der Waals surface area contributed by atoms with Gasteiger partial charge in [0.1, 0.15) is 5.82 Å². The van der Waals surface area contributed by atoms with Gasteiger partial charge in [-0.1, -0.05) is 18.2 Å². The van der Waals surface area contributed by atoms with Crippen LogP contribution in [-0.4, -0.2) is 56.7 Å². The third-order valence-corrected chi connectivity index (χ3v) is 6.96. The number of rotatable bonds is 5. The Morgan fingerprint density at radius 3 is 2.83 bits per heavy atom. The predicted octanol–water partition coefficient (Wildman–Crippen LogP) is 4.35. The minimum absolute atomic E-state index is 0.108. The first-order valence-corrected chi connectivity index (χ1v) is 12.2. The van der Waals surface area contributed by atoms with Crippen molar-refractivity contribution >= 4 is 39.8 Å². The molecule has 0 aliphatic carbocycles. The molecule has 1 aliphatic rings. The maximum Gasteiger partial charge on any atom is 0.265 e. The number of aromatic amines is 1. The smallest absolute Gasteiger partial charge is 0.265 e. The lowest BCUT2D eigenvalue weighted by atomic mass is 10.0. The number of aromatic nitrogens is 5. The summed E-state index contributed by atoms with van der Waals surface area (Å²) in [5.41, 5.74) is 3.50. The number of nitrogens with one attached hydrogen (secondary N) is 2. The van der Waals surface area contributed by atoms with Crippen molar-refractivity contribution in [1.29, 1.82) is 0 Å². The number of ether oxygens (including phenoxy) is 1. The number of carbonyl (C=O) groups excluding carboxylic acids is 1. The standard InChI is InChI=1S/C25H23N7O2S/c1-16-15-34-11-10-31(16)23-13-19(20-14-27-32(24(20)29-23)22-8-9-26-30-22)17-4-6-18(7-5-17)28-25(33)21-3-2-12-35-21/h2-9,12-14,16H,10-11,15H2,1H3,(H,26,30)(H,28,33)/t16-/m1/s1. The summed E-state index contributed by atoms with van der Waals surface area (Å²) in [6.07, 6.45) is 3.59. The highest BCUT2D eigenvalue weighted by Crippen LogP contribution is 2.34. The number of benzene rings is 1. The Kier molecular flexibility index (Phi) is 5.51. The Hall–Kier alpha value is -4.02. The molecule has 4 aromatic heterocycles. The third-order valence-electron chi connectivity index (χ3n) is 6.09. The highest BCUT2D eigenvalue weighted by molar-refractivity contribution is 7.12. The van der Waals surface area contributed by atoms with E-state index in [2.05, 4.69) is 38.5 Å². The Balaban J connectivity index is 1.41. The molecular weight excluding hydrogens is 462 g/mol. The van der Waals surface area contributed by atoms with Gasteiger partial charge in [0.25, 0.3) is 5.91 Å². The summed E-state index contributed by atoms with van der Waals surface area (Å²) < 4.78 is 7.39. The van der Waals surface area contributed by atoms with E-state index in [1.807, 2.05) is 54.0 Å². The molecule has 0 spiro atoms. The van der Waals surface area contributed by atoms with Crippen LogP contribution in [0.15, 0.2) is 66.3 Å². The Bertz CT molecular complexity index is 1460. The molecular formula is C25H23N7O2S. The highest BCUT2D eigenvalue weighted by atomic mass is 32.1. The van der Waals surface area contributed by atoms with Crippen LogP contribution in [0.5, 0.6) is 0 Å². The average Bonchev–Trinajstić information content (AvgIpc) is 3.66. The Morgan fingerprint density at radius 2 is 2.09 bits per heavy atom. The molecule has 5 heterocycles. The van der Waals surface area contributed by atoms with Gasteiger partial charge in [0.15, 0.2) is 11.5 Å². The summed E-state index contributed by atoms with van der Waals surface area (Å²) in [7, 11) is 0. The molecule has 2 N–H and O–H groups in total. The number of H-pyrrole nitrogens is 1. The van der Waals surface area contributed by atoms with Gasteiger partial charge < -0.3 is 15.0 Å². The van der Waals surface area contributed by atoms with Crippen molar-refractivity contribution in [3.63, 3.8) is 0 Å². The van der Waals surface area contributed by atoms with Gasteiger partial charge in [0.2, 0.25) is 0 Å². The normalized spacial score (nSPS) is 16.0. The molecule has 6 rings (SSSR count). The van der Waals surface area contributed by atoms with E-state index in [4.69, 9.17) is 9.72 Å². The fourth-order valence-corrected chi connectivity index (χ4v) is 4.93. The lowest BCUT2D eigenvalue weighted by Crippen LogP contribution is -2.44. The zero-order valence-corrected chi connectivity index (χ0v) is 19.8. The van der Waals surface area contributed by atoms with E-state index in [1.165, 1.54) is 11.3 Å². The van der Waals surface area contributed by atoms with Crippen LogP contribution < -0.4 is 10.2 Å². The molecule has 1 aliphatic heterocycles. The molecule has 10 heteroatoms. The summed E-state index contributed by atoms with van der Waals surface area (Å²) in [5.74, 6) is 1.44. The molecule has 176 valence electrons. The van der Waals surface area contributed by atoms with E-state index >= 15 is 0 Å². The van der Waals surface area contributed by atoms with Crippen molar-refractivity contribution in [3.8, 4) is 16.9 Å². The van der Waals surface area contributed by atoms with E-state index in [0.29, 0.717) is 23.9 Å². The second-order valence-corrected chi connectivity index (χ2v) is 9.33. The molecule has 1 saturated heterocycles. The predicted molar refractivity (Wildman–Crippen MR) is 136 cm³/mol. The lowest BCUT2D eigenvalue weighted by molar-refractivity contribution is 0.0985. The van der Waals surface area contributed by atoms with Crippen molar-refractivity contribution in [2.24, 2.45) is 0 Å². The van der Waals surface area contributed by atoms with Gasteiger partial charge in [-0.25, -0.2) is 4.98 Å². The number of amides is 1. The lowest BCUT2D eigenvalue weighted by Gasteiger charge is -2.34. The average molecular weight is 486 g/mol. The van der Waals surface area contributed by atoms with Crippen LogP contribution in [0.1, 0.15) is 16.6 Å². The Labute approximate surface area is 205 Å². The van der Waals surface area contributed by atoms with E-state index in [1.54, 1.807) is 10.9 Å². The zero-order chi connectivity index (χ0) is 23.8. The second kappa shape index (κ2) is 8.97. The number of pyridine rings is 1. The van der Waals surface area contributed by atoms with E-state index in [-0.39, 0.29) is 11.9 Å². The molecule has 0 unspecified atom stereocenters. The van der Waals surface area contributed by atoms with Crippen molar-refractivity contribution in [2.45, 2.75) is 13.0 Å². The first-order chi connectivity index (χ1) is 17.2. The number of nitrogens with zero attached hydrogens (tertiary/aromatic N) is 5. The van der Waals surface area contributed by atoms with Crippen LogP contribution in [0, 0.1) is 0 Å². The number of thiophene rings is 1. The monoisotopic (exact) mass is 485 g/mol. The molecule has 0 saturated carbocycles. The van der Waals surface area contributed by atoms with Crippen LogP contribution >= 0.6 is 11.3 Å². The molecule has 1 amide bonds. The summed E-state index contributed by atoms with van der Waals surface area (Å²) in [6.45, 7) is 4.23. The van der Waals surface area contributed by atoms with Crippen LogP contribution in [0.4, 0.5) is 11.5 Å². The number of morpholine rings is 1. The number of fused-ring (bicyclic) bond motifs is 1. The second-order valence-electron chi connectivity index (χ2n) is 8.38. The first kappa shape index (κ1) is 21.5. The van der Waals surface area contributed by atoms with E-state index in [9.17, 15) is 4.79 Å². The van der Waals surface area contributed by atoms with Crippen LogP contribution in [0.25, 0.3) is 28.0 Å². The Morgan fingerprint density at radius 1 is 1.20 bits per heavy atom. The minimum atomic E-state index is -0.108. The van der Waals surface area contributed by atoms with Crippen molar-refractivity contribution in [3.05, 3.63) is 71.2 Å². The number of hydrogen-bond donors (Lipinski definition) is 2. The molecule has 0 radical (unpaired) electrons. The number of hydrogen-bond acceptors (Lipinski definition) is 7. The number of carbonyl (C=O) groups is 1. The minimum Gasteiger partial charge on any atom is -0.377 e. The van der Waals surface area contributed by atoms with Crippen LogP contribution in [0.3, 0.4) is 0 Å². The largest absolute Gasteiger partial charge is 0.377 e. The topological polar surface area (TPSA) is 101 Å². The van der Waals surface area contributed by atoms with Gasteiger partial charge in [0.05, 0.1) is 30.3 Å². The van der Waals surface area contributed by atoms with Gasteiger partial charge in [-0.3, -0.25) is 9.89 Å². The summed E-state index contributed by atoms with van der Waals surface area (Å²) in [5, 5.41) is 17.5. The summed E-state index contributed by atoms with van der Waals surface area (Å²) in [6, 6.07) is 15.7. The van der Waals surface area contributed by atoms with Crippen molar-refractivity contribution in [1.82, 2.24) is 25.0 Å². The van der Waals surface area contributed by atoms with E-state index in [0.717, 1.165) is 40.2 Å². The maximum absolute atomic E-state index is 12.4. The molecule has 0 bridgehead atoms. The maximum atomic E-state index is 12.4. The molecule has 9 nitrogen and oxygen atoms in total. The molecule has 1 atom stereocenters. The molecule has 5 aromatic rings. The van der Waals surface area contributed by atoms with Crippen LogP contribution in [0.2, 0.25) is 0 Å². The summed E-state index contributed by atoms with van der Waals surface area (Å²) >= 11 is 1.42. The van der Waals surface area contributed by atoms with Crippen molar-refractivity contribution in [2.75, 3.05) is 30.0 Å². The van der Waals surface area contributed by atoms with Gasteiger partial charge in [-0.05, 0) is 47.7 Å². The van der Waals surface area contributed by atoms with Gasteiger partial charge >= 0.3 is 0 Å². The number of anilines is 2. The zero-order valence-electron chi connectivity index (χ0n) is 19.0. The van der Waals surface area contributed by atoms with Crippen LogP contribution in [-0.2, 0) is 4.74 Å². The fraction of sp³-hybridized carbons (Fsp3) is 0.200. The third kappa shape index (κ3) is 4.07. The van der Waals surface area contributed by atoms with Gasteiger partial charge in [0, 0.05) is 29.9 Å². The van der Waals surface area contributed by atoms with Crippen molar-refractivity contribution < 1.29 is 9.53 Å². The molecule has 35 heavy (non-hydrogen) atoms. The van der Waals surface area contributed by atoms with Gasteiger partial charge in [-0.15, -0.1) is 11.3 Å². The highest BCUT2D eigenvalue weighted by Gasteiger charge is 2.23. The van der Waals surface area contributed by atoms with Gasteiger partial charge in [-0.2, -0.15) is 14.9 Å². The first-order valence-electron chi connectivity index (χ1n) is 11.4. The quantitative estimate of drug-likeness (QED) is 0.384.